The van der Waals surface area contributed by atoms with E-state index in [2.05, 4.69) is 29.8 Å². The van der Waals surface area contributed by atoms with Gasteiger partial charge >= 0.3 is 11.9 Å². The van der Waals surface area contributed by atoms with Crippen molar-refractivity contribution in [3.05, 3.63) is 58.7 Å². The second kappa shape index (κ2) is 9.61. The lowest BCUT2D eigenvalue weighted by Crippen LogP contribution is -2.45. The van der Waals surface area contributed by atoms with E-state index < -0.39 is 0 Å². The molecular formula is C29H33BrO5. The van der Waals surface area contributed by atoms with Gasteiger partial charge < -0.3 is 14.2 Å². The van der Waals surface area contributed by atoms with E-state index in [4.69, 9.17) is 14.2 Å². The third-order valence-corrected chi connectivity index (χ3v) is 9.34. The fourth-order valence-corrected chi connectivity index (χ4v) is 7.47. The Morgan fingerprint density at radius 3 is 2.60 bits per heavy atom. The van der Waals surface area contributed by atoms with Crippen LogP contribution in [-0.4, -0.2) is 30.5 Å². The molecule has 0 aromatic heterocycles. The largest absolute Gasteiger partial charge is 0.493 e. The van der Waals surface area contributed by atoms with Crippen molar-refractivity contribution in [1.29, 1.82) is 0 Å². The van der Waals surface area contributed by atoms with Gasteiger partial charge in [-0.3, -0.25) is 4.79 Å². The second-order valence-corrected chi connectivity index (χ2v) is 11.1. The molecule has 186 valence electrons. The minimum atomic E-state index is -0.375. The molecule has 0 N–H and O–H groups in total. The molecule has 5 rings (SSSR count). The molecule has 2 aromatic rings. The summed E-state index contributed by atoms with van der Waals surface area (Å²) in [4.78, 5) is 24.8. The maximum Gasteiger partial charge on any atom is 0.343 e. The highest BCUT2D eigenvalue weighted by molar-refractivity contribution is 9.09. The maximum absolute atomic E-state index is 12.8. The molecule has 3 aliphatic rings. The number of carbonyl (C=O) groups is 2. The van der Waals surface area contributed by atoms with Gasteiger partial charge in [0, 0.05) is 5.41 Å². The molecule has 0 amide bonds. The number of esters is 2. The molecule has 0 radical (unpaired) electrons. The Balaban J connectivity index is 1.44. The Morgan fingerprint density at radius 1 is 1.11 bits per heavy atom. The van der Waals surface area contributed by atoms with Crippen LogP contribution >= 0.6 is 15.9 Å². The maximum atomic E-state index is 12.8. The first kappa shape index (κ1) is 24.4. The summed E-state index contributed by atoms with van der Waals surface area (Å²) in [5, 5.41) is 0.250. The molecule has 0 spiro atoms. The zero-order chi connectivity index (χ0) is 24.7. The van der Waals surface area contributed by atoms with Gasteiger partial charge in [0.25, 0.3) is 0 Å². The highest BCUT2D eigenvalue weighted by Gasteiger charge is 2.56. The number of rotatable bonds is 5. The van der Waals surface area contributed by atoms with E-state index in [1.54, 1.807) is 19.2 Å². The Labute approximate surface area is 215 Å². The van der Waals surface area contributed by atoms with Crippen molar-refractivity contribution in [3.63, 3.8) is 0 Å². The number of carbonyl (C=O) groups excluding carboxylic acids is 2. The van der Waals surface area contributed by atoms with Crippen LogP contribution in [-0.2, 0) is 16.0 Å². The Morgan fingerprint density at radius 2 is 1.89 bits per heavy atom. The van der Waals surface area contributed by atoms with Crippen LogP contribution in [0.5, 0.6) is 11.5 Å². The third kappa shape index (κ3) is 4.18. The number of alkyl halides is 1. The van der Waals surface area contributed by atoms with E-state index in [-0.39, 0.29) is 28.8 Å². The second-order valence-electron chi connectivity index (χ2n) is 10.5. The predicted molar refractivity (Wildman–Crippen MR) is 137 cm³/mol. The van der Waals surface area contributed by atoms with Crippen LogP contribution in [0.2, 0.25) is 0 Å². The number of ether oxygens (including phenoxy) is 3. The van der Waals surface area contributed by atoms with Gasteiger partial charge in [0.15, 0.2) is 11.5 Å². The molecule has 6 heteroatoms. The van der Waals surface area contributed by atoms with Gasteiger partial charge in [0.05, 0.1) is 12.7 Å². The molecule has 2 aromatic carbocycles. The van der Waals surface area contributed by atoms with Gasteiger partial charge in [0.2, 0.25) is 0 Å². The first-order valence-corrected chi connectivity index (χ1v) is 13.7. The molecule has 0 saturated heterocycles. The van der Waals surface area contributed by atoms with Gasteiger partial charge in [0.1, 0.15) is 11.4 Å². The van der Waals surface area contributed by atoms with Gasteiger partial charge in [-0.1, -0.05) is 41.1 Å². The highest BCUT2D eigenvalue weighted by Crippen LogP contribution is 2.62. The van der Waals surface area contributed by atoms with E-state index in [0.29, 0.717) is 34.8 Å². The quantitative estimate of drug-likeness (QED) is 0.250. The van der Waals surface area contributed by atoms with Gasteiger partial charge in [-0.05, 0) is 98.1 Å². The smallest absolute Gasteiger partial charge is 0.343 e. The van der Waals surface area contributed by atoms with Gasteiger partial charge in [-0.25, -0.2) is 4.79 Å². The van der Waals surface area contributed by atoms with Crippen molar-refractivity contribution >= 4 is 27.9 Å². The molecule has 2 fully saturated rings. The molecule has 35 heavy (non-hydrogen) atoms. The van der Waals surface area contributed by atoms with Crippen molar-refractivity contribution in [2.75, 3.05) is 12.4 Å². The van der Waals surface area contributed by atoms with Crippen molar-refractivity contribution in [3.8, 4) is 11.5 Å². The lowest BCUT2D eigenvalue weighted by molar-refractivity contribution is -0.154. The van der Waals surface area contributed by atoms with E-state index in [9.17, 15) is 9.59 Å². The normalized spacial score (nSPS) is 28.9. The zero-order valence-corrected chi connectivity index (χ0v) is 22.2. The summed E-state index contributed by atoms with van der Waals surface area (Å²) in [5.41, 5.74) is 4.29. The number of methoxy groups -OCH3 is 1. The summed E-state index contributed by atoms with van der Waals surface area (Å²) in [7, 11) is 1.65. The number of aryl methyl sites for hydroxylation is 1. The van der Waals surface area contributed by atoms with Crippen LogP contribution < -0.4 is 9.47 Å². The summed E-state index contributed by atoms with van der Waals surface area (Å²) < 4.78 is 17.5. The molecular weight excluding hydrogens is 508 g/mol. The average molecular weight is 541 g/mol. The number of hydrogen-bond donors (Lipinski definition) is 0. The summed E-state index contributed by atoms with van der Waals surface area (Å²) in [5.74, 6) is 2.18. The first-order chi connectivity index (χ1) is 16.9. The molecule has 5 atom stereocenters. The number of fused-ring (bicyclic) bond motifs is 5. The minimum absolute atomic E-state index is 0.00954. The third-order valence-electron chi connectivity index (χ3n) is 8.89. The van der Waals surface area contributed by atoms with Crippen LogP contribution in [0.15, 0.2) is 36.4 Å². The molecule has 3 aliphatic carbocycles. The Kier molecular flexibility index (Phi) is 6.69. The SMILES string of the molecule is COc1c(OC(=O)c2ccccc2)cc2c(c1C)[C@H]1CC[C@]3(C)[C@@H](OC(=O)CBr)CC[C@H]3[C@@H]1CC2. The van der Waals surface area contributed by atoms with Crippen molar-refractivity contribution in [1.82, 2.24) is 0 Å². The molecule has 2 saturated carbocycles. The lowest BCUT2D eigenvalue weighted by atomic mass is 9.55. The van der Waals surface area contributed by atoms with E-state index in [1.807, 2.05) is 24.3 Å². The van der Waals surface area contributed by atoms with Gasteiger partial charge in [-0.15, -0.1) is 0 Å². The van der Waals surface area contributed by atoms with Crippen LogP contribution in [0.4, 0.5) is 0 Å². The van der Waals surface area contributed by atoms with Crippen LogP contribution in [0.1, 0.15) is 72.0 Å². The topological polar surface area (TPSA) is 61.8 Å². The minimum Gasteiger partial charge on any atom is -0.493 e. The standard InChI is InChI=1S/C29H33BrO5/c1-17-26-19(15-23(27(17)33-3)34-28(32)18-7-5-4-6-8-18)9-10-20-21(26)13-14-29(2)22(20)11-12-24(29)35-25(31)16-30/h4-8,15,20-22,24H,9-14,16H2,1-3H3/t20-,21+,22+,24+,29+/m1/s1. The summed E-state index contributed by atoms with van der Waals surface area (Å²) in [6, 6.07) is 11.1. The highest BCUT2D eigenvalue weighted by atomic mass is 79.9. The van der Waals surface area contributed by atoms with E-state index in [1.165, 1.54) is 11.1 Å². The fraction of sp³-hybridized carbons (Fsp3) is 0.517. The molecule has 0 bridgehead atoms. The van der Waals surface area contributed by atoms with E-state index in [0.717, 1.165) is 44.1 Å². The zero-order valence-electron chi connectivity index (χ0n) is 20.6. The summed E-state index contributed by atoms with van der Waals surface area (Å²) in [6.45, 7) is 4.44. The van der Waals surface area contributed by atoms with Crippen molar-refractivity contribution in [2.45, 2.75) is 64.4 Å². The number of halogens is 1. The number of hydrogen-bond acceptors (Lipinski definition) is 5. The number of benzene rings is 2. The monoisotopic (exact) mass is 540 g/mol. The lowest BCUT2D eigenvalue weighted by Gasteiger charge is -2.50. The van der Waals surface area contributed by atoms with Crippen LogP contribution in [0.25, 0.3) is 0 Å². The molecule has 0 heterocycles. The van der Waals surface area contributed by atoms with Crippen LogP contribution in [0, 0.1) is 24.2 Å². The summed E-state index contributed by atoms with van der Waals surface area (Å²) in [6.07, 6.45) is 6.24. The van der Waals surface area contributed by atoms with Crippen LogP contribution in [0.3, 0.4) is 0 Å². The predicted octanol–water partition coefficient (Wildman–Crippen LogP) is 6.39. The Bertz CT molecular complexity index is 1130. The molecule has 0 unspecified atom stereocenters. The van der Waals surface area contributed by atoms with Crippen molar-refractivity contribution in [2.24, 2.45) is 17.3 Å². The molecule has 0 aliphatic heterocycles. The van der Waals surface area contributed by atoms with E-state index >= 15 is 0 Å². The molecule has 5 nitrogen and oxygen atoms in total. The Hall–Kier alpha value is -2.34. The fourth-order valence-electron chi connectivity index (χ4n) is 7.34. The van der Waals surface area contributed by atoms with Gasteiger partial charge in [-0.2, -0.15) is 0 Å². The summed E-state index contributed by atoms with van der Waals surface area (Å²) >= 11 is 3.24. The average Bonchev–Trinajstić information content (AvgIpc) is 3.20. The van der Waals surface area contributed by atoms with Crippen molar-refractivity contribution < 1.29 is 23.8 Å². The first-order valence-electron chi connectivity index (χ1n) is 12.6.